The largest absolute Gasteiger partial charge is 0.384 e. The normalized spacial score (nSPS) is 12.7. The Hall–Kier alpha value is -0.850. The molecule has 0 aliphatic heterocycles. The van der Waals surface area contributed by atoms with Crippen LogP contribution in [-0.2, 0) is 0 Å². The van der Waals surface area contributed by atoms with Crippen molar-refractivity contribution in [2.75, 3.05) is 7.05 Å². The number of H-pyrrole nitrogens is 1. The molecule has 5 heteroatoms. The topological polar surface area (TPSA) is 67.1 Å². The van der Waals surface area contributed by atoms with E-state index in [4.69, 9.17) is 5.73 Å². The number of aromatic amines is 1. The highest BCUT2D eigenvalue weighted by atomic mass is 127. The van der Waals surface area contributed by atoms with Crippen LogP contribution in [0.2, 0.25) is 0 Å². The Morgan fingerprint density at radius 1 is 1.83 bits per heavy atom. The molecule has 1 aromatic rings. The molecule has 64 valence electrons. The number of rotatable bonds is 2. The summed E-state index contributed by atoms with van der Waals surface area (Å²) in [6.07, 6.45) is 5.24. The second-order valence-corrected chi connectivity index (χ2v) is 3.26. The molecule has 1 aromatic heterocycles. The van der Waals surface area contributed by atoms with Crippen molar-refractivity contribution in [3.05, 3.63) is 21.8 Å². The van der Waals surface area contributed by atoms with Gasteiger partial charge in [0.05, 0.1) is 9.90 Å². The van der Waals surface area contributed by atoms with E-state index in [0.717, 1.165) is 9.53 Å². The van der Waals surface area contributed by atoms with Crippen LogP contribution < -0.4 is 5.73 Å². The zero-order valence-electron chi connectivity index (χ0n) is 6.58. The summed E-state index contributed by atoms with van der Waals surface area (Å²) in [4.78, 5) is 10.9. The van der Waals surface area contributed by atoms with Crippen LogP contribution in [0.3, 0.4) is 0 Å². The third kappa shape index (κ3) is 2.65. The van der Waals surface area contributed by atoms with Crippen LogP contribution in [0.4, 0.5) is 0 Å². The minimum Gasteiger partial charge on any atom is -0.384 e. The summed E-state index contributed by atoms with van der Waals surface area (Å²) in [5, 5.41) is 0. The fourth-order valence-electron chi connectivity index (χ4n) is 0.637. The monoisotopic (exact) mass is 276 g/mol. The van der Waals surface area contributed by atoms with Crippen LogP contribution in [0, 0.1) is 3.70 Å². The zero-order valence-corrected chi connectivity index (χ0v) is 8.74. The third-order valence-electron chi connectivity index (χ3n) is 1.23. The van der Waals surface area contributed by atoms with Crippen molar-refractivity contribution >= 4 is 34.5 Å². The Labute approximate surface area is 84.1 Å². The average molecular weight is 276 g/mol. The first-order valence-corrected chi connectivity index (χ1v) is 4.41. The molecule has 0 amide bonds. The van der Waals surface area contributed by atoms with E-state index in [1.54, 1.807) is 25.4 Å². The Morgan fingerprint density at radius 2 is 2.58 bits per heavy atom. The summed E-state index contributed by atoms with van der Waals surface area (Å²) in [5.74, 6) is 1.27. The van der Waals surface area contributed by atoms with Crippen molar-refractivity contribution in [3.63, 3.8) is 0 Å². The number of hydrogen-bond acceptors (Lipinski definition) is 2. The molecule has 0 fully saturated rings. The summed E-state index contributed by atoms with van der Waals surface area (Å²) in [7, 11) is 1.64. The second-order valence-electron chi connectivity index (χ2n) is 2.10. The Kier molecular flexibility index (Phi) is 3.27. The molecule has 0 aliphatic carbocycles. The van der Waals surface area contributed by atoms with E-state index < -0.39 is 0 Å². The van der Waals surface area contributed by atoms with Gasteiger partial charge in [-0.15, -0.1) is 0 Å². The first-order chi connectivity index (χ1) is 5.72. The van der Waals surface area contributed by atoms with Gasteiger partial charge in [0.25, 0.3) is 0 Å². The lowest BCUT2D eigenvalue weighted by atomic mass is 10.4. The number of hydrogen-bond donors (Lipinski definition) is 2. The maximum absolute atomic E-state index is 5.45. The number of nitrogens with one attached hydrogen (secondary N) is 1. The van der Waals surface area contributed by atoms with Crippen LogP contribution in [0.25, 0.3) is 6.08 Å². The van der Waals surface area contributed by atoms with E-state index in [1.807, 2.05) is 0 Å². The van der Waals surface area contributed by atoms with Gasteiger partial charge in [-0.2, -0.15) is 0 Å². The molecule has 0 unspecified atom stereocenters. The summed E-state index contributed by atoms with van der Waals surface area (Å²) >= 11 is 2.15. The molecule has 4 nitrogen and oxygen atoms in total. The van der Waals surface area contributed by atoms with E-state index in [9.17, 15) is 0 Å². The second kappa shape index (κ2) is 4.24. The van der Waals surface area contributed by atoms with Crippen molar-refractivity contribution in [1.29, 1.82) is 0 Å². The molecule has 0 saturated carbocycles. The number of aliphatic imine (C=N–C) groups is 1. The maximum Gasteiger partial charge on any atom is 0.130 e. The standard InChI is InChI=1S/C7H9IN4/c1-10-6(9)2-3-7-11-4-5(8)12-7/h2-4H,1H3,(H2,9,10)(H,11,12)/b3-2-. The molecule has 0 saturated heterocycles. The molecule has 0 aromatic carbocycles. The predicted molar refractivity (Wildman–Crippen MR) is 57.9 cm³/mol. The lowest BCUT2D eigenvalue weighted by Gasteiger charge is -1.86. The molecule has 0 bridgehead atoms. The highest BCUT2D eigenvalue weighted by Gasteiger charge is 1.91. The van der Waals surface area contributed by atoms with Crippen LogP contribution in [-0.4, -0.2) is 22.9 Å². The number of nitrogens with zero attached hydrogens (tertiary/aromatic N) is 2. The predicted octanol–water partition coefficient (Wildman–Crippen LogP) is 1.01. The fraction of sp³-hybridized carbons (Fsp3) is 0.143. The van der Waals surface area contributed by atoms with E-state index in [2.05, 4.69) is 37.6 Å². The molecule has 0 spiro atoms. The van der Waals surface area contributed by atoms with Gasteiger partial charge in [-0.05, 0) is 34.7 Å². The van der Waals surface area contributed by atoms with Gasteiger partial charge in [0.2, 0.25) is 0 Å². The minimum absolute atomic E-state index is 0.487. The molecular weight excluding hydrogens is 267 g/mol. The fourth-order valence-corrected chi connectivity index (χ4v) is 1.05. The van der Waals surface area contributed by atoms with Crippen molar-refractivity contribution < 1.29 is 0 Å². The van der Waals surface area contributed by atoms with Gasteiger partial charge in [-0.25, -0.2) is 4.98 Å². The van der Waals surface area contributed by atoms with Crippen molar-refractivity contribution in [3.8, 4) is 0 Å². The molecule has 1 heterocycles. The summed E-state index contributed by atoms with van der Waals surface area (Å²) in [6.45, 7) is 0. The van der Waals surface area contributed by atoms with Gasteiger partial charge in [-0.1, -0.05) is 0 Å². The quantitative estimate of drug-likeness (QED) is 0.481. The number of nitrogens with two attached hydrogens (primary N) is 1. The third-order valence-corrected chi connectivity index (χ3v) is 1.78. The summed E-state index contributed by atoms with van der Waals surface area (Å²) in [6, 6.07) is 0. The first-order valence-electron chi connectivity index (χ1n) is 3.33. The van der Waals surface area contributed by atoms with E-state index in [1.165, 1.54) is 0 Å². The molecule has 0 radical (unpaired) electrons. The summed E-state index contributed by atoms with van der Waals surface area (Å²) in [5.41, 5.74) is 5.45. The smallest absolute Gasteiger partial charge is 0.130 e. The number of amidine groups is 1. The first kappa shape index (κ1) is 9.24. The number of imidazole rings is 1. The van der Waals surface area contributed by atoms with Gasteiger partial charge in [0.15, 0.2) is 0 Å². The highest BCUT2D eigenvalue weighted by Crippen LogP contribution is 2.01. The van der Waals surface area contributed by atoms with E-state index in [0.29, 0.717) is 5.84 Å². The average Bonchev–Trinajstić information content (AvgIpc) is 2.47. The summed E-state index contributed by atoms with van der Waals surface area (Å²) < 4.78 is 0.999. The van der Waals surface area contributed by atoms with E-state index >= 15 is 0 Å². The molecule has 12 heavy (non-hydrogen) atoms. The molecule has 0 aliphatic rings. The number of halogens is 1. The molecular formula is C7H9IN4. The van der Waals surface area contributed by atoms with Gasteiger partial charge in [0, 0.05) is 7.05 Å². The lowest BCUT2D eigenvalue weighted by molar-refractivity contribution is 1.25. The Balaban J connectivity index is 2.69. The highest BCUT2D eigenvalue weighted by molar-refractivity contribution is 14.1. The molecule has 1 rings (SSSR count). The van der Waals surface area contributed by atoms with Gasteiger partial charge >= 0.3 is 0 Å². The Bertz CT molecular complexity index is 313. The minimum atomic E-state index is 0.487. The molecule has 3 N–H and O–H groups in total. The van der Waals surface area contributed by atoms with Crippen LogP contribution in [0.15, 0.2) is 17.3 Å². The lowest BCUT2D eigenvalue weighted by Crippen LogP contribution is -2.06. The van der Waals surface area contributed by atoms with Crippen molar-refractivity contribution in [2.24, 2.45) is 10.7 Å². The van der Waals surface area contributed by atoms with Crippen LogP contribution in [0.5, 0.6) is 0 Å². The van der Waals surface area contributed by atoms with Gasteiger partial charge in [-0.3, -0.25) is 4.99 Å². The van der Waals surface area contributed by atoms with Gasteiger partial charge < -0.3 is 10.7 Å². The van der Waals surface area contributed by atoms with Gasteiger partial charge in [0.1, 0.15) is 11.7 Å². The zero-order chi connectivity index (χ0) is 8.97. The van der Waals surface area contributed by atoms with Crippen LogP contribution >= 0.6 is 22.6 Å². The maximum atomic E-state index is 5.45. The Morgan fingerprint density at radius 3 is 3.08 bits per heavy atom. The van der Waals surface area contributed by atoms with Crippen LogP contribution in [0.1, 0.15) is 5.82 Å². The number of aromatic nitrogens is 2. The van der Waals surface area contributed by atoms with Crippen molar-refractivity contribution in [1.82, 2.24) is 9.97 Å². The molecule has 0 atom stereocenters. The SMILES string of the molecule is CN=C(N)/C=C\c1ncc(I)[nH]1. The van der Waals surface area contributed by atoms with Crippen molar-refractivity contribution in [2.45, 2.75) is 0 Å². The van der Waals surface area contributed by atoms with E-state index in [-0.39, 0.29) is 0 Å².